The second-order valence-corrected chi connectivity index (χ2v) is 9.90. The SMILES string of the molecule is CCN(CC)S(=O)(=O)NC(=S)N1CC(c2ccccc2)C(c2ccc(Cl)s2)=N1. The standard InChI is InChI=1S/C18H21ClN4O2S3/c1-3-22(4-2)28(24,25)21-18(26)23-12-14(13-8-6-5-7-9-13)17(20-23)15-10-11-16(19)27-15/h5-11,14H,3-4,12H2,1-2H3,(H,21,26). The zero-order valence-corrected chi connectivity index (χ0v) is 18.7. The van der Waals surface area contributed by atoms with Gasteiger partial charge in [-0.25, -0.2) is 9.73 Å². The number of thiocarbonyl (C=S) groups is 1. The van der Waals surface area contributed by atoms with E-state index in [1.54, 1.807) is 13.8 Å². The van der Waals surface area contributed by atoms with Crippen LogP contribution in [0.15, 0.2) is 47.6 Å². The monoisotopic (exact) mass is 456 g/mol. The minimum Gasteiger partial charge on any atom is -0.245 e. The molecule has 0 amide bonds. The quantitative estimate of drug-likeness (QED) is 0.673. The van der Waals surface area contributed by atoms with Crippen LogP contribution < -0.4 is 4.72 Å². The first-order chi connectivity index (χ1) is 13.4. The van der Waals surface area contributed by atoms with Crippen LogP contribution in [0.5, 0.6) is 0 Å². The molecule has 0 saturated carbocycles. The van der Waals surface area contributed by atoms with Crippen LogP contribution in [0.25, 0.3) is 0 Å². The maximum absolute atomic E-state index is 12.5. The molecule has 1 aliphatic heterocycles. The van der Waals surface area contributed by atoms with Crippen molar-refractivity contribution < 1.29 is 8.42 Å². The van der Waals surface area contributed by atoms with Crippen LogP contribution in [0.3, 0.4) is 0 Å². The van der Waals surface area contributed by atoms with E-state index in [1.807, 2.05) is 42.5 Å². The Bertz CT molecular complexity index is 972. The number of hydrogen-bond acceptors (Lipinski definition) is 5. The molecule has 1 unspecified atom stereocenters. The van der Waals surface area contributed by atoms with Crippen molar-refractivity contribution in [3.63, 3.8) is 0 Å². The predicted molar refractivity (Wildman–Crippen MR) is 119 cm³/mol. The van der Waals surface area contributed by atoms with Crippen LogP contribution in [0, 0.1) is 0 Å². The first-order valence-corrected chi connectivity index (χ1v) is 11.9. The van der Waals surface area contributed by atoms with Gasteiger partial charge in [-0.15, -0.1) is 11.3 Å². The Morgan fingerprint density at radius 1 is 1.29 bits per heavy atom. The van der Waals surface area contributed by atoms with Gasteiger partial charge in [0.2, 0.25) is 5.11 Å². The maximum atomic E-state index is 12.5. The van der Waals surface area contributed by atoms with Crippen molar-refractivity contribution in [2.24, 2.45) is 5.10 Å². The van der Waals surface area contributed by atoms with Gasteiger partial charge in [0.1, 0.15) is 0 Å². The van der Waals surface area contributed by atoms with Crippen molar-refractivity contribution in [1.29, 1.82) is 0 Å². The lowest BCUT2D eigenvalue weighted by Crippen LogP contribution is -2.47. The largest absolute Gasteiger partial charge is 0.303 e. The van der Waals surface area contributed by atoms with Gasteiger partial charge in [0.25, 0.3) is 0 Å². The Kier molecular flexibility index (Phi) is 6.72. The molecule has 3 rings (SSSR count). The van der Waals surface area contributed by atoms with Gasteiger partial charge in [-0.2, -0.15) is 17.8 Å². The lowest BCUT2D eigenvalue weighted by molar-refractivity contribution is 0.433. The van der Waals surface area contributed by atoms with Gasteiger partial charge in [0, 0.05) is 19.0 Å². The minimum absolute atomic E-state index is 0.0353. The summed E-state index contributed by atoms with van der Waals surface area (Å²) in [6.45, 7) is 4.74. The van der Waals surface area contributed by atoms with Gasteiger partial charge in [0.15, 0.2) is 0 Å². The van der Waals surface area contributed by atoms with E-state index in [2.05, 4.69) is 9.82 Å². The molecule has 1 aromatic carbocycles. The summed E-state index contributed by atoms with van der Waals surface area (Å²) < 4.78 is 29.5. The summed E-state index contributed by atoms with van der Waals surface area (Å²) in [4.78, 5) is 0.941. The van der Waals surface area contributed by atoms with E-state index in [-0.39, 0.29) is 11.0 Å². The molecule has 10 heteroatoms. The number of thiophene rings is 1. The molecule has 150 valence electrons. The summed E-state index contributed by atoms with van der Waals surface area (Å²) in [6, 6.07) is 13.7. The number of hydrogen-bond donors (Lipinski definition) is 1. The molecule has 2 heterocycles. The first kappa shape index (κ1) is 21.2. The van der Waals surface area contributed by atoms with E-state index in [4.69, 9.17) is 23.8 Å². The molecule has 0 radical (unpaired) electrons. The van der Waals surface area contributed by atoms with E-state index in [9.17, 15) is 8.42 Å². The molecule has 0 fully saturated rings. The Hall–Kier alpha value is -1.52. The fourth-order valence-corrected chi connectivity index (χ4v) is 5.69. The van der Waals surface area contributed by atoms with E-state index in [0.29, 0.717) is 24.0 Å². The predicted octanol–water partition coefficient (Wildman–Crippen LogP) is 3.67. The van der Waals surface area contributed by atoms with E-state index < -0.39 is 10.2 Å². The van der Waals surface area contributed by atoms with Crippen molar-refractivity contribution >= 4 is 56.2 Å². The van der Waals surface area contributed by atoms with Crippen molar-refractivity contribution in [3.8, 4) is 0 Å². The van der Waals surface area contributed by atoms with Crippen molar-refractivity contribution in [2.75, 3.05) is 19.6 Å². The van der Waals surface area contributed by atoms with Crippen molar-refractivity contribution in [1.82, 2.24) is 14.0 Å². The molecule has 28 heavy (non-hydrogen) atoms. The fraction of sp³-hybridized carbons (Fsp3) is 0.333. The number of halogens is 1. The highest BCUT2D eigenvalue weighted by atomic mass is 35.5. The maximum Gasteiger partial charge on any atom is 0.303 e. The average Bonchev–Trinajstić information content (AvgIpc) is 3.29. The third-order valence-corrected chi connectivity index (χ3v) is 7.78. The van der Waals surface area contributed by atoms with Gasteiger partial charge >= 0.3 is 10.2 Å². The average molecular weight is 457 g/mol. The zero-order chi connectivity index (χ0) is 20.3. The molecular formula is C18H21ClN4O2S3. The van der Waals surface area contributed by atoms with E-state index in [1.165, 1.54) is 20.7 Å². The lowest BCUT2D eigenvalue weighted by Gasteiger charge is -2.23. The van der Waals surface area contributed by atoms with Crippen LogP contribution in [0.1, 0.15) is 30.2 Å². The highest BCUT2D eigenvalue weighted by molar-refractivity contribution is 7.89. The summed E-state index contributed by atoms with van der Waals surface area (Å²) in [7, 11) is -3.71. The highest BCUT2D eigenvalue weighted by Crippen LogP contribution is 2.33. The van der Waals surface area contributed by atoms with Gasteiger partial charge in [-0.05, 0) is 29.9 Å². The van der Waals surface area contributed by atoms with Gasteiger partial charge in [-0.1, -0.05) is 55.8 Å². The third kappa shape index (κ3) is 4.55. The molecule has 0 bridgehead atoms. The molecule has 1 atom stereocenters. The summed E-state index contributed by atoms with van der Waals surface area (Å²) in [5.74, 6) is -0.0353. The molecule has 0 aliphatic carbocycles. The van der Waals surface area contributed by atoms with E-state index in [0.717, 1.165) is 16.2 Å². The molecule has 1 N–H and O–H groups in total. The minimum atomic E-state index is -3.71. The second kappa shape index (κ2) is 8.87. The van der Waals surface area contributed by atoms with Gasteiger partial charge < -0.3 is 0 Å². The van der Waals surface area contributed by atoms with Crippen LogP contribution in [0.4, 0.5) is 0 Å². The number of rotatable bonds is 6. The molecule has 0 saturated heterocycles. The molecule has 1 aliphatic rings. The Morgan fingerprint density at radius 3 is 2.54 bits per heavy atom. The van der Waals surface area contributed by atoms with Gasteiger partial charge in [-0.3, -0.25) is 0 Å². The lowest BCUT2D eigenvalue weighted by atomic mass is 9.94. The van der Waals surface area contributed by atoms with E-state index >= 15 is 0 Å². The smallest absolute Gasteiger partial charge is 0.245 e. The topological polar surface area (TPSA) is 65.0 Å². The molecule has 6 nitrogen and oxygen atoms in total. The Balaban J connectivity index is 1.88. The molecule has 2 aromatic rings. The Morgan fingerprint density at radius 2 is 1.96 bits per heavy atom. The highest BCUT2D eigenvalue weighted by Gasteiger charge is 2.33. The summed E-state index contributed by atoms with van der Waals surface area (Å²) >= 11 is 12.9. The molecule has 0 spiro atoms. The summed E-state index contributed by atoms with van der Waals surface area (Å²) in [5, 5.41) is 6.24. The van der Waals surface area contributed by atoms with Crippen LogP contribution in [0.2, 0.25) is 4.34 Å². The first-order valence-electron chi connectivity index (χ1n) is 8.84. The second-order valence-electron chi connectivity index (χ2n) is 6.13. The zero-order valence-electron chi connectivity index (χ0n) is 15.5. The van der Waals surface area contributed by atoms with Crippen LogP contribution >= 0.6 is 35.2 Å². The fourth-order valence-electron chi connectivity index (χ4n) is 3.04. The van der Waals surface area contributed by atoms with Crippen molar-refractivity contribution in [3.05, 3.63) is 57.2 Å². The summed E-state index contributed by atoms with van der Waals surface area (Å²) in [5.41, 5.74) is 1.91. The van der Waals surface area contributed by atoms with Crippen molar-refractivity contribution in [2.45, 2.75) is 19.8 Å². The normalized spacial score (nSPS) is 17.1. The number of benzene rings is 1. The molecule has 1 aromatic heterocycles. The Labute approximate surface area is 180 Å². The van der Waals surface area contributed by atoms with Gasteiger partial charge in [0.05, 0.1) is 21.5 Å². The molecular weight excluding hydrogens is 436 g/mol. The number of nitrogens with zero attached hydrogens (tertiary/aromatic N) is 3. The summed E-state index contributed by atoms with van der Waals surface area (Å²) in [6.07, 6.45) is 0. The third-order valence-electron chi connectivity index (χ3n) is 4.44. The van der Waals surface area contributed by atoms with Crippen LogP contribution in [-0.2, 0) is 10.2 Å². The van der Waals surface area contributed by atoms with Crippen LogP contribution in [-0.4, -0.2) is 48.2 Å². The number of nitrogens with one attached hydrogen (secondary N) is 1. The number of hydrazone groups is 1.